The lowest BCUT2D eigenvalue weighted by atomic mass is 9.98. The van der Waals surface area contributed by atoms with Crippen molar-refractivity contribution < 1.29 is 22.4 Å². The van der Waals surface area contributed by atoms with Crippen LogP contribution in [0, 0.1) is 0 Å². The van der Waals surface area contributed by atoms with Gasteiger partial charge in [0.2, 0.25) is 0 Å². The van der Waals surface area contributed by atoms with Gasteiger partial charge < -0.3 is 15.5 Å². The van der Waals surface area contributed by atoms with E-state index in [-0.39, 0.29) is 11.3 Å². The van der Waals surface area contributed by atoms with E-state index in [1.807, 2.05) is 11.4 Å². The predicted octanol–water partition coefficient (Wildman–Crippen LogP) is 6.36. The number of nitrogens with zero attached hydrogens (tertiary/aromatic N) is 4. The molecule has 0 saturated carbocycles. The Kier molecular flexibility index (Phi) is 6.97. The van der Waals surface area contributed by atoms with Gasteiger partial charge in [0.1, 0.15) is 11.5 Å². The topological polar surface area (TPSA) is 74.0 Å². The van der Waals surface area contributed by atoms with Crippen LogP contribution in [0.3, 0.4) is 0 Å². The summed E-state index contributed by atoms with van der Waals surface area (Å²) in [5, 5.41) is 9.65. The fourth-order valence-corrected chi connectivity index (χ4v) is 5.02. The summed E-state index contributed by atoms with van der Waals surface area (Å²) in [5.74, 6) is -2.44. The van der Waals surface area contributed by atoms with Crippen LogP contribution in [-0.2, 0) is 17.8 Å². The summed E-state index contributed by atoms with van der Waals surface area (Å²) in [5.41, 5.74) is 8.05. The number of halogens is 4. The molecule has 0 saturated heterocycles. The van der Waals surface area contributed by atoms with Gasteiger partial charge in [0, 0.05) is 47.4 Å². The van der Waals surface area contributed by atoms with Crippen molar-refractivity contribution >= 4 is 34.6 Å². The summed E-state index contributed by atoms with van der Waals surface area (Å²) in [6, 6.07) is 17.2. The minimum Gasteiger partial charge on any atom is -0.334 e. The van der Waals surface area contributed by atoms with Crippen molar-refractivity contribution in [3.05, 3.63) is 107 Å². The Labute approximate surface area is 238 Å². The summed E-state index contributed by atoms with van der Waals surface area (Å²) in [7, 11) is 2.07. The van der Waals surface area contributed by atoms with Crippen molar-refractivity contribution in [2.24, 2.45) is 4.99 Å². The normalized spacial score (nSPS) is 15.4. The fraction of sp³-hybridized carbons (Fsp3) is 0.161. The Morgan fingerprint density at radius 1 is 1.02 bits per heavy atom. The zero-order valence-electron chi connectivity index (χ0n) is 22.3. The molecule has 0 unspecified atom stereocenters. The molecule has 2 N–H and O–H groups in total. The Bertz CT molecular complexity index is 1850. The molecule has 1 amide bonds. The average molecular weight is 573 g/mol. The molecule has 4 aromatic rings. The quantitative estimate of drug-likeness (QED) is 0.216. The van der Waals surface area contributed by atoms with Crippen LogP contribution in [0.15, 0.2) is 95.3 Å². The van der Waals surface area contributed by atoms with Crippen LogP contribution < -0.4 is 10.6 Å². The molecule has 6 rings (SSSR count). The Morgan fingerprint density at radius 3 is 2.71 bits per heavy atom. The number of allylic oxidation sites excluding steroid dienone is 3. The van der Waals surface area contributed by atoms with E-state index in [1.165, 1.54) is 35.4 Å². The molecule has 7 nitrogen and oxygen atoms in total. The largest absolute Gasteiger partial charge is 0.471 e. The summed E-state index contributed by atoms with van der Waals surface area (Å²) >= 11 is 0. The van der Waals surface area contributed by atoms with Gasteiger partial charge in [-0.25, -0.2) is 13.9 Å². The lowest BCUT2D eigenvalue weighted by Crippen LogP contribution is -2.29. The number of amides is 1. The number of aliphatic imine (C=N–C) groups is 1. The zero-order valence-corrected chi connectivity index (χ0v) is 22.3. The third kappa shape index (κ3) is 5.47. The minimum absolute atomic E-state index is 0.0760. The lowest BCUT2D eigenvalue weighted by Gasteiger charge is -2.25. The maximum Gasteiger partial charge on any atom is 0.471 e. The molecular weight excluding hydrogens is 548 g/mol. The number of likely N-dealkylation sites (N-methyl/N-ethyl adjacent to an activating group) is 1. The van der Waals surface area contributed by atoms with Gasteiger partial charge in [0.25, 0.3) is 0 Å². The van der Waals surface area contributed by atoms with Crippen molar-refractivity contribution in [3.63, 3.8) is 0 Å². The van der Waals surface area contributed by atoms with Gasteiger partial charge in [-0.1, -0.05) is 30.0 Å². The van der Waals surface area contributed by atoms with Crippen LogP contribution in [0.1, 0.15) is 16.7 Å². The molecule has 0 fully saturated rings. The Morgan fingerprint density at radius 2 is 1.88 bits per heavy atom. The van der Waals surface area contributed by atoms with Crippen LogP contribution >= 0.6 is 0 Å². The van der Waals surface area contributed by atoms with Gasteiger partial charge in [-0.3, -0.25) is 4.79 Å². The number of hydrogen-bond acceptors (Lipinski definition) is 5. The number of carbonyl (C=O) groups excluding carboxylic acids is 1. The van der Waals surface area contributed by atoms with Gasteiger partial charge in [0.15, 0.2) is 5.82 Å². The SMILES string of the molecule is CN1CCc2ccc(NC3=C=CC(c4c(-c5cccc(NC(=O)C(F)(F)F)c5)nn5ccccc45)=C(F)C=N3)cc2C1. The van der Waals surface area contributed by atoms with E-state index in [9.17, 15) is 18.0 Å². The second-order valence-corrected chi connectivity index (χ2v) is 10.0. The second-order valence-electron chi connectivity index (χ2n) is 10.0. The number of aromatic nitrogens is 2. The molecule has 42 heavy (non-hydrogen) atoms. The molecule has 2 aromatic carbocycles. The molecule has 0 bridgehead atoms. The first kappa shape index (κ1) is 27.2. The van der Waals surface area contributed by atoms with Crippen molar-refractivity contribution in [2.45, 2.75) is 19.1 Å². The highest BCUT2D eigenvalue weighted by molar-refractivity contribution is 6.01. The molecule has 212 valence electrons. The van der Waals surface area contributed by atoms with Gasteiger partial charge in [-0.05, 0) is 67.1 Å². The van der Waals surface area contributed by atoms with Crippen molar-refractivity contribution in [1.82, 2.24) is 14.5 Å². The lowest BCUT2D eigenvalue weighted by molar-refractivity contribution is -0.167. The van der Waals surface area contributed by atoms with Gasteiger partial charge in [-0.15, -0.1) is 0 Å². The summed E-state index contributed by atoms with van der Waals surface area (Å²) < 4.78 is 55.7. The number of anilines is 2. The summed E-state index contributed by atoms with van der Waals surface area (Å²) in [4.78, 5) is 18.0. The molecule has 0 radical (unpaired) electrons. The van der Waals surface area contributed by atoms with E-state index < -0.39 is 17.9 Å². The molecular formula is C31H24F4N6O. The number of hydrogen-bond donors (Lipinski definition) is 2. The highest BCUT2D eigenvalue weighted by Gasteiger charge is 2.38. The van der Waals surface area contributed by atoms with Crippen LogP contribution in [0.4, 0.5) is 28.9 Å². The maximum atomic E-state index is 15.7. The number of pyridine rings is 1. The molecule has 2 aromatic heterocycles. The number of carbonyl (C=O) groups is 1. The number of fused-ring (bicyclic) bond motifs is 2. The highest BCUT2D eigenvalue weighted by atomic mass is 19.4. The van der Waals surface area contributed by atoms with E-state index in [1.54, 1.807) is 35.0 Å². The first-order valence-corrected chi connectivity index (χ1v) is 13.1. The molecule has 0 spiro atoms. The zero-order chi connectivity index (χ0) is 29.4. The van der Waals surface area contributed by atoms with E-state index in [2.05, 4.69) is 45.2 Å². The second kappa shape index (κ2) is 10.8. The molecule has 2 aliphatic rings. The van der Waals surface area contributed by atoms with E-state index >= 15 is 4.39 Å². The third-order valence-electron chi connectivity index (χ3n) is 7.05. The molecule has 0 atom stereocenters. The highest BCUT2D eigenvalue weighted by Crippen LogP contribution is 2.36. The smallest absolute Gasteiger partial charge is 0.334 e. The molecule has 2 aliphatic heterocycles. The Balaban J connectivity index is 1.38. The van der Waals surface area contributed by atoms with Gasteiger partial charge in [-0.2, -0.15) is 18.3 Å². The number of alkyl halides is 3. The number of rotatable bonds is 5. The van der Waals surface area contributed by atoms with E-state index in [0.717, 1.165) is 31.4 Å². The standard InChI is InChI=1S/C31H24F4N6O/c1-40-14-12-19-8-9-23(16-21(19)18-40)37-27-11-10-24(25(32)17-36-27)28-26-7-2-3-13-41(26)39-29(28)20-5-4-6-22(15-20)38-30(42)31(33,34)35/h2-10,13,15-17,37H,12,14,18H2,1H3,(H,38,42). The monoisotopic (exact) mass is 572 g/mol. The van der Waals surface area contributed by atoms with E-state index in [0.29, 0.717) is 28.2 Å². The first-order chi connectivity index (χ1) is 20.2. The fourth-order valence-electron chi connectivity index (χ4n) is 5.02. The first-order valence-electron chi connectivity index (χ1n) is 13.1. The van der Waals surface area contributed by atoms with Crippen LogP contribution in [0.25, 0.3) is 22.3 Å². The molecule has 4 heterocycles. The van der Waals surface area contributed by atoms with Crippen LogP contribution in [0.2, 0.25) is 0 Å². The average Bonchev–Trinajstić information content (AvgIpc) is 3.25. The van der Waals surface area contributed by atoms with Gasteiger partial charge in [0.05, 0.1) is 11.7 Å². The summed E-state index contributed by atoms with van der Waals surface area (Å²) in [6.45, 7) is 1.84. The predicted molar refractivity (Wildman–Crippen MR) is 154 cm³/mol. The van der Waals surface area contributed by atoms with Crippen molar-refractivity contribution in [2.75, 3.05) is 24.2 Å². The molecule has 11 heteroatoms. The third-order valence-corrected chi connectivity index (χ3v) is 7.05. The number of nitrogens with one attached hydrogen (secondary N) is 2. The van der Waals surface area contributed by atoms with E-state index in [4.69, 9.17) is 0 Å². The van der Waals surface area contributed by atoms with Crippen LogP contribution in [-0.4, -0.2) is 46.4 Å². The number of benzene rings is 2. The maximum absolute atomic E-state index is 15.7. The van der Waals surface area contributed by atoms with Gasteiger partial charge >= 0.3 is 12.1 Å². The van der Waals surface area contributed by atoms with Crippen molar-refractivity contribution in [1.29, 1.82) is 0 Å². The van der Waals surface area contributed by atoms with Crippen LogP contribution in [0.5, 0.6) is 0 Å². The summed E-state index contributed by atoms with van der Waals surface area (Å²) in [6.07, 6.45) is 0.179. The Hall–Kier alpha value is -4.99. The molecule has 0 aliphatic carbocycles. The van der Waals surface area contributed by atoms with Crippen molar-refractivity contribution in [3.8, 4) is 11.3 Å². The minimum atomic E-state index is -5.05.